The normalized spacial score (nSPS) is 10.6. The van der Waals surface area contributed by atoms with E-state index in [2.05, 4.69) is 20.8 Å². The highest BCUT2D eigenvalue weighted by Gasteiger charge is 2.08. The van der Waals surface area contributed by atoms with E-state index in [1.165, 1.54) is 13.3 Å². The van der Waals surface area contributed by atoms with Crippen LogP contribution in [0.15, 0.2) is 35.6 Å². The first kappa shape index (κ1) is 19.8. The van der Waals surface area contributed by atoms with E-state index < -0.39 is 0 Å². The zero-order chi connectivity index (χ0) is 18.9. The Hall–Kier alpha value is -2.51. The Bertz CT molecular complexity index is 800. The lowest BCUT2D eigenvalue weighted by molar-refractivity contribution is -0.123. The van der Waals surface area contributed by atoms with Gasteiger partial charge in [0.1, 0.15) is 0 Å². The fourth-order valence-corrected chi connectivity index (χ4v) is 2.36. The van der Waals surface area contributed by atoms with Gasteiger partial charge in [-0.05, 0) is 36.8 Å². The van der Waals surface area contributed by atoms with Crippen LogP contribution in [0.1, 0.15) is 12.5 Å². The van der Waals surface area contributed by atoms with Crippen LogP contribution in [0, 0.1) is 0 Å². The highest BCUT2D eigenvalue weighted by molar-refractivity contribution is 6.35. The van der Waals surface area contributed by atoms with Gasteiger partial charge in [0, 0.05) is 12.7 Å². The highest BCUT2D eigenvalue weighted by atomic mass is 35.5. The number of halogens is 2. The molecule has 138 valence electrons. The minimum Gasteiger partial charge on any atom is -0.493 e. The monoisotopic (exact) mass is 396 g/mol. The molecule has 7 nitrogen and oxygen atoms in total. The molecule has 0 atom stereocenters. The average molecular weight is 397 g/mol. The van der Waals surface area contributed by atoms with Gasteiger partial charge in [0.05, 0.1) is 23.4 Å². The summed E-state index contributed by atoms with van der Waals surface area (Å²) in [6, 6.07) is 6.78. The number of nitrogens with zero attached hydrogens (tertiary/aromatic N) is 2. The third kappa shape index (κ3) is 5.79. The Balaban J connectivity index is 2.02. The van der Waals surface area contributed by atoms with E-state index >= 15 is 0 Å². The van der Waals surface area contributed by atoms with Crippen molar-refractivity contribution in [3.63, 3.8) is 0 Å². The van der Waals surface area contributed by atoms with Gasteiger partial charge in [-0.2, -0.15) is 5.10 Å². The van der Waals surface area contributed by atoms with E-state index in [1.54, 1.807) is 30.5 Å². The fourth-order valence-electron chi connectivity index (χ4n) is 1.94. The first-order chi connectivity index (χ1) is 12.5. The average Bonchev–Trinajstić information content (AvgIpc) is 2.62. The van der Waals surface area contributed by atoms with E-state index in [-0.39, 0.29) is 12.5 Å². The molecule has 1 heterocycles. The molecule has 0 aliphatic carbocycles. The number of methoxy groups -OCH3 is 1. The van der Waals surface area contributed by atoms with Crippen LogP contribution < -0.4 is 20.2 Å². The molecule has 2 rings (SSSR count). The van der Waals surface area contributed by atoms with Crippen LogP contribution >= 0.6 is 23.2 Å². The van der Waals surface area contributed by atoms with Crippen LogP contribution in [0.2, 0.25) is 10.0 Å². The Labute approximate surface area is 161 Å². The number of hydrogen-bond donors (Lipinski definition) is 2. The minimum absolute atomic E-state index is 0.0834. The summed E-state index contributed by atoms with van der Waals surface area (Å²) in [7, 11) is 1.52. The first-order valence-electron chi connectivity index (χ1n) is 7.71. The van der Waals surface area contributed by atoms with Gasteiger partial charge >= 0.3 is 0 Å². The smallest absolute Gasteiger partial charge is 0.257 e. The molecule has 0 aliphatic rings. The van der Waals surface area contributed by atoms with Crippen LogP contribution in [-0.2, 0) is 4.79 Å². The van der Waals surface area contributed by atoms with E-state index in [1.807, 2.05) is 6.92 Å². The number of hydrogen-bond acceptors (Lipinski definition) is 6. The van der Waals surface area contributed by atoms with Crippen molar-refractivity contribution in [1.29, 1.82) is 0 Å². The van der Waals surface area contributed by atoms with Gasteiger partial charge in [0.2, 0.25) is 0 Å². The molecule has 0 saturated heterocycles. The number of hydrazone groups is 1. The van der Waals surface area contributed by atoms with Gasteiger partial charge in [0.25, 0.3) is 5.91 Å². The van der Waals surface area contributed by atoms with Crippen molar-refractivity contribution in [1.82, 2.24) is 10.3 Å². The van der Waals surface area contributed by atoms with E-state index in [9.17, 15) is 4.79 Å². The van der Waals surface area contributed by atoms with Crippen molar-refractivity contribution >= 4 is 41.1 Å². The molecular weight excluding hydrogens is 379 g/mol. The number of carbonyl (C=O) groups excluding carboxylic acids is 1. The van der Waals surface area contributed by atoms with Crippen molar-refractivity contribution in [2.45, 2.75) is 6.92 Å². The van der Waals surface area contributed by atoms with Crippen LogP contribution in [0.3, 0.4) is 0 Å². The molecule has 2 aromatic rings. The zero-order valence-electron chi connectivity index (χ0n) is 14.3. The molecule has 26 heavy (non-hydrogen) atoms. The van der Waals surface area contributed by atoms with Crippen molar-refractivity contribution in [3.05, 3.63) is 46.1 Å². The van der Waals surface area contributed by atoms with Gasteiger partial charge in [0.15, 0.2) is 23.9 Å². The zero-order valence-corrected chi connectivity index (χ0v) is 15.8. The predicted molar refractivity (Wildman–Crippen MR) is 103 cm³/mol. The predicted octanol–water partition coefficient (Wildman–Crippen LogP) is 3.36. The molecule has 0 spiro atoms. The van der Waals surface area contributed by atoms with Crippen molar-refractivity contribution in [3.8, 4) is 11.5 Å². The third-order valence-electron chi connectivity index (χ3n) is 3.11. The molecule has 9 heteroatoms. The van der Waals surface area contributed by atoms with Crippen LogP contribution in [0.5, 0.6) is 11.5 Å². The number of amides is 1. The van der Waals surface area contributed by atoms with Gasteiger partial charge in [-0.3, -0.25) is 10.2 Å². The molecular formula is C17H18Cl2N4O3. The topological polar surface area (TPSA) is 84.8 Å². The van der Waals surface area contributed by atoms with Gasteiger partial charge in [-0.15, -0.1) is 0 Å². The lowest BCUT2D eigenvalue weighted by Crippen LogP contribution is -2.28. The molecule has 0 unspecified atom stereocenters. The standard InChI is InChI=1S/C17H18Cl2N4O3/c1-3-20-16(24)10-26-14-5-4-11(6-15(14)25-2)8-22-23-17-13(19)7-12(18)9-21-17/h4-9H,3,10H2,1-2H3,(H,20,24)(H,21,23)/b22-8-. The summed E-state index contributed by atoms with van der Waals surface area (Å²) in [5.74, 6) is 1.14. The summed E-state index contributed by atoms with van der Waals surface area (Å²) in [6.45, 7) is 2.31. The first-order valence-corrected chi connectivity index (χ1v) is 8.46. The molecule has 1 aromatic carbocycles. The molecule has 0 aliphatic heterocycles. The summed E-state index contributed by atoms with van der Waals surface area (Å²) in [5, 5.41) is 7.54. The summed E-state index contributed by atoms with van der Waals surface area (Å²) >= 11 is 11.8. The fraction of sp³-hybridized carbons (Fsp3) is 0.235. The summed E-state index contributed by atoms with van der Waals surface area (Å²) in [5.41, 5.74) is 3.49. The Morgan fingerprint density at radius 1 is 1.31 bits per heavy atom. The van der Waals surface area contributed by atoms with Crippen LogP contribution in [0.4, 0.5) is 5.82 Å². The van der Waals surface area contributed by atoms with Gasteiger partial charge < -0.3 is 14.8 Å². The van der Waals surface area contributed by atoms with Crippen molar-refractivity contribution in [2.24, 2.45) is 5.10 Å². The Morgan fingerprint density at radius 3 is 2.81 bits per heavy atom. The van der Waals surface area contributed by atoms with Crippen molar-refractivity contribution < 1.29 is 14.3 Å². The summed E-state index contributed by atoms with van der Waals surface area (Å²) in [6.07, 6.45) is 3.04. The number of ether oxygens (including phenoxy) is 2. The van der Waals surface area contributed by atoms with Gasteiger partial charge in [-0.1, -0.05) is 23.2 Å². The largest absolute Gasteiger partial charge is 0.493 e. The molecule has 0 radical (unpaired) electrons. The number of rotatable bonds is 8. The second-order valence-corrected chi connectivity index (χ2v) is 5.85. The molecule has 0 saturated carbocycles. The highest BCUT2D eigenvalue weighted by Crippen LogP contribution is 2.27. The lowest BCUT2D eigenvalue weighted by atomic mass is 10.2. The molecule has 1 aromatic heterocycles. The summed E-state index contributed by atoms with van der Waals surface area (Å²) < 4.78 is 10.7. The quantitative estimate of drug-likeness (QED) is 0.527. The second-order valence-electron chi connectivity index (χ2n) is 5.01. The third-order valence-corrected chi connectivity index (χ3v) is 3.61. The Kier molecular flexibility index (Phi) is 7.50. The van der Waals surface area contributed by atoms with E-state index in [4.69, 9.17) is 32.7 Å². The maximum Gasteiger partial charge on any atom is 0.257 e. The number of likely N-dealkylation sites (N-methyl/N-ethyl adjacent to an activating group) is 1. The number of aromatic nitrogens is 1. The maximum absolute atomic E-state index is 11.5. The summed E-state index contributed by atoms with van der Waals surface area (Å²) in [4.78, 5) is 15.5. The molecule has 0 fully saturated rings. The van der Waals surface area contributed by atoms with Gasteiger partial charge in [-0.25, -0.2) is 4.98 Å². The number of pyridine rings is 1. The number of anilines is 1. The number of nitrogens with one attached hydrogen (secondary N) is 2. The molecule has 2 N–H and O–H groups in total. The minimum atomic E-state index is -0.197. The number of benzene rings is 1. The van der Waals surface area contributed by atoms with Crippen LogP contribution in [-0.4, -0.2) is 37.4 Å². The second kappa shape index (κ2) is 9.84. The maximum atomic E-state index is 11.5. The van der Waals surface area contributed by atoms with Crippen molar-refractivity contribution in [2.75, 3.05) is 25.7 Å². The van der Waals surface area contributed by atoms with E-state index in [0.717, 1.165) is 5.56 Å². The SMILES string of the molecule is CCNC(=O)COc1ccc(/C=N\Nc2ncc(Cl)cc2Cl)cc1OC. The lowest BCUT2D eigenvalue weighted by Gasteiger charge is -2.11. The van der Waals surface area contributed by atoms with E-state index in [0.29, 0.717) is 33.9 Å². The molecule has 1 amide bonds. The number of carbonyl (C=O) groups is 1. The molecule has 0 bridgehead atoms. The van der Waals surface area contributed by atoms with Crippen LogP contribution in [0.25, 0.3) is 0 Å². The Morgan fingerprint density at radius 2 is 2.12 bits per heavy atom.